The number of carbonyl (C=O) groups is 1. The first-order valence-corrected chi connectivity index (χ1v) is 13.6. The molecule has 10 heteroatoms. The number of sulfonamides is 1. The zero-order chi connectivity index (χ0) is 25.8. The minimum Gasteiger partial charge on any atom is -0.487 e. The fourth-order valence-electron chi connectivity index (χ4n) is 4.52. The summed E-state index contributed by atoms with van der Waals surface area (Å²) < 4.78 is 32.4. The van der Waals surface area contributed by atoms with Gasteiger partial charge < -0.3 is 10.1 Å². The number of hydrogen-bond acceptors (Lipinski definition) is 6. The number of benzene rings is 2. The Bertz CT molecular complexity index is 1190. The van der Waals surface area contributed by atoms with Crippen molar-refractivity contribution in [2.24, 2.45) is 0 Å². The van der Waals surface area contributed by atoms with Crippen LogP contribution in [0.1, 0.15) is 63.1 Å². The summed E-state index contributed by atoms with van der Waals surface area (Å²) in [4.78, 5) is 23.5. The molecule has 0 spiro atoms. The van der Waals surface area contributed by atoms with Gasteiger partial charge in [0.15, 0.2) is 0 Å². The van der Waals surface area contributed by atoms with Crippen LogP contribution >= 0.6 is 0 Å². The summed E-state index contributed by atoms with van der Waals surface area (Å²) in [7, 11) is -3.71. The number of non-ortho nitro benzene ring substituents is 1. The lowest BCUT2D eigenvalue weighted by Gasteiger charge is -2.41. The maximum Gasteiger partial charge on any atom is 0.271 e. The normalized spacial score (nSPS) is 16.6. The lowest BCUT2D eigenvalue weighted by Crippen LogP contribution is -2.44. The number of amides is 1. The minimum absolute atomic E-state index is 0.0342. The first kappa shape index (κ1) is 26.5. The van der Waals surface area contributed by atoms with Crippen LogP contribution in [0.3, 0.4) is 0 Å². The highest BCUT2D eigenvalue weighted by atomic mass is 32.2. The van der Waals surface area contributed by atoms with Gasteiger partial charge in [0.25, 0.3) is 5.69 Å². The Morgan fingerprint density at radius 1 is 1.23 bits per heavy atom. The Kier molecular flexibility index (Phi) is 8.04. The molecule has 2 aromatic rings. The van der Waals surface area contributed by atoms with Gasteiger partial charge in [0.1, 0.15) is 11.4 Å². The van der Waals surface area contributed by atoms with Crippen LogP contribution in [0.25, 0.3) is 0 Å². The molecule has 1 aliphatic rings. The summed E-state index contributed by atoms with van der Waals surface area (Å²) >= 11 is 0. The smallest absolute Gasteiger partial charge is 0.271 e. The molecule has 0 saturated carbocycles. The Labute approximate surface area is 206 Å². The van der Waals surface area contributed by atoms with E-state index in [0.29, 0.717) is 12.0 Å². The van der Waals surface area contributed by atoms with Crippen molar-refractivity contribution in [1.82, 2.24) is 5.32 Å². The van der Waals surface area contributed by atoms with Crippen LogP contribution in [-0.2, 0) is 14.8 Å². The molecule has 9 nitrogen and oxygen atoms in total. The van der Waals surface area contributed by atoms with Crippen LogP contribution in [0.5, 0.6) is 5.75 Å². The van der Waals surface area contributed by atoms with Gasteiger partial charge >= 0.3 is 0 Å². The monoisotopic (exact) mass is 503 g/mol. The molecule has 3 rings (SSSR count). The van der Waals surface area contributed by atoms with Gasteiger partial charge in [0.05, 0.1) is 22.9 Å². The third kappa shape index (κ3) is 6.11. The lowest BCUT2D eigenvalue weighted by atomic mass is 9.83. The van der Waals surface area contributed by atoms with Gasteiger partial charge in [-0.05, 0) is 37.8 Å². The Hall–Kier alpha value is -3.14. The van der Waals surface area contributed by atoms with Crippen LogP contribution in [0.4, 0.5) is 11.4 Å². The van der Waals surface area contributed by atoms with Crippen molar-refractivity contribution in [1.29, 1.82) is 0 Å². The van der Waals surface area contributed by atoms with E-state index in [1.54, 1.807) is 6.92 Å². The summed E-state index contributed by atoms with van der Waals surface area (Å²) in [5.74, 6) is 0.592. The maximum absolute atomic E-state index is 12.9. The quantitative estimate of drug-likeness (QED) is 0.372. The Morgan fingerprint density at radius 2 is 1.91 bits per heavy atom. The van der Waals surface area contributed by atoms with E-state index in [1.165, 1.54) is 18.2 Å². The number of aryl methyl sites for hydroxylation is 1. The average Bonchev–Trinajstić information content (AvgIpc) is 2.81. The van der Waals surface area contributed by atoms with Crippen LogP contribution in [0.2, 0.25) is 0 Å². The third-order valence-corrected chi connectivity index (χ3v) is 7.84. The van der Waals surface area contributed by atoms with Crippen molar-refractivity contribution in [2.75, 3.05) is 17.1 Å². The number of carbonyl (C=O) groups excluding carboxylic acids is 1. The summed E-state index contributed by atoms with van der Waals surface area (Å²) in [6.07, 6.45) is 3.72. The van der Waals surface area contributed by atoms with E-state index >= 15 is 0 Å². The second-order valence-electron chi connectivity index (χ2n) is 9.02. The molecule has 0 aromatic heterocycles. The van der Waals surface area contributed by atoms with Crippen LogP contribution in [0, 0.1) is 17.0 Å². The maximum atomic E-state index is 12.9. The number of nitro groups is 1. The zero-order valence-corrected chi connectivity index (χ0v) is 21.4. The molecule has 1 N–H and O–H groups in total. The minimum atomic E-state index is -3.71. The molecule has 0 bridgehead atoms. The van der Waals surface area contributed by atoms with Crippen molar-refractivity contribution in [3.63, 3.8) is 0 Å². The molecule has 1 aliphatic heterocycles. The number of para-hydroxylation sites is 1. The van der Waals surface area contributed by atoms with E-state index in [4.69, 9.17) is 4.74 Å². The fraction of sp³-hybridized carbons (Fsp3) is 0.480. The number of nitro benzene ring substituents is 1. The number of ether oxygens (including phenoxy) is 1. The van der Waals surface area contributed by atoms with Crippen LogP contribution in [0.15, 0.2) is 42.5 Å². The molecule has 0 unspecified atom stereocenters. The number of anilines is 1. The highest BCUT2D eigenvalue weighted by Gasteiger charge is 2.38. The first-order chi connectivity index (χ1) is 16.5. The first-order valence-electron chi connectivity index (χ1n) is 11.8. The van der Waals surface area contributed by atoms with E-state index in [0.717, 1.165) is 34.7 Å². The third-order valence-electron chi connectivity index (χ3n) is 6.66. The second kappa shape index (κ2) is 10.6. The van der Waals surface area contributed by atoms with E-state index in [-0.39, 0.29) is 48.3 Å². The molecule has 0 saturated heterocycles. The van der Waals surface area contributed by atoms with E-state index in [2.05, 4.69) is 19.2 Å². The fourth-order valence-corrected chi connectivity index (χ4v) is 5.54. The standard InChI is InChI=1S/C25H33N3O6S/c1-5-25(6-2)17-21(20-10-7-8-11-23(20)34-25)26-24(29)12-9-15-27(35(4,32)33)22-16-19(28(30)31)14-13-18(22)3/h7-8,10-11,13-14,16,21H,5-6,9,12,15,17H2,1-4H3,(H,26,29)/t21-/m0/s1. The predicted octanol–water partition coefficient (Wildman–Crippen LogP) is 4.65. The number of hydrogen-bond donors (Lipinski definition) is 1. The highest BCUT2D eigenvalue weighted by Crippen LogP contribution is 2.42. The summed E-state index contributed by atoms with van der Waals surface area (Å²) in [6.45, 7) is 5.88. The molecule has 0 aliphatic carbocycles. The molecule has 1 atom stereocenters. The molecule has 1 amide bonds. The van der Waals surface area contributed by atoms with Gasteiger partial charge in [-0.3, -0.25) is 19.2 Å². The molecule has 190 valence electrons. The van der Waals surface area contributed by atoms with Crippen LogP contribution in [-0.4, -0.2) is 37.6 Å². The molecular weight excluding hydrogens is 470 g/mol. The van der Waals surface area contributed by atoms with Crippen molar-refractivity contribution < 1.29 is 22.9 Å². The van der Waals surface area contributed by atoms with Gasteiger partial charge in [0.2, 0.25) is 15.9 Å². The van der Waals surface area contributed by atoms with Gasteiger partial charge in [0, 0.05) is 37.1 Å². The van der Waals surface area contributed by atoms with Crippen molar-refractivity contribution >= 4 is 27.3 Å². The molecule has 0 fully saturated rings. The predicted molar refractivity (Wildman–Crippen MR) is 135 cm³/mol. The van der Waals surface area contributed by atoms with Gasteiger partial charge in [-0.15, -0.1) is 0 Å². The number of rotatable bonds is 10. The van der Waals surface area contributed by atoms with Crippen molar-refractivity contribution in [3.05, 3.63) is 63.7 Å². The second-order valence-corrected chi connectivity index (χ2v) is 10.9. The molecule has 35 heavy (non-hydrogen) atoms. The molecule has 0 radical (unpaired) electrons. The number of nitrogens with one attached hydrogen (secondary N) is 1. The van der Waals surface area contributed by atoms with Gasteiger partial charge in [-0.25, -0.2) is 8.42 Å². The summed E-state index contributed by atoms with van der Waals surface area (Å²) in [5.41, 5.74) is 1.24. The van der Waals surface area contributed by atoms with Crippen molar-refractivity contribution in [3.8, 4) is 5.75 Å². The van der Waals surface area contributed by atoms with Gasteiger partial charge in [-0.2, -0.15) is 0 Å². The van der Waals surface area contributed by atoms with E-state index in [9.17, 15) is 23.3 Å². The summed E-state index contributed by atoms with van der Waals surface area (Å²) in [5, 5.41) is 14.3. The summed E-state index contributed by atoms with van der Waals surface area (Å²) in [6, 6.07) is 11.6. The molecule has 2 aromatic carbocycles. The van der Waals surface area contributed by atoms with Gasteiger partial charge in [-0.1, -0.05) is 38.1 Å². The Balaban J connectivity index is 1.71. The average molecular weight is 504 g/mol. The topological polar surface area (TPSA) is 119 Å². The lowest BCUT2D eigenvalue weighted by molar-refractivity contribution is -0.384. The largest absolute Gasteiger partial charge is 0.487 e. The van der Waals surface area contributed by atoms with Crippen molar-refractivity contribution in [2.45, 2.75) is 64.5 Å². The molecule has 1 heterocycles. The number of fused-ring (bicyclic) bond motifs is 1. The van der Waals surface area contributed by atoms with E-state index < -0.39 is 14.9 Å². The van der Waals surface area contributed by atoms with Crippen LogP contribution < -0.4 is 14.4 Å². The zero-order valence-electron chi connectivity index (χ0n) is 20.6. The number of nitrogens with zero attached hydrogens (tertiary/aromatic N) is 2. The highest BCUT2D eigenvalue weighted by molar-refractivity contribution is 7.92. The van der Waals surface area contributed by atoms with E-state index in [1.807, 2.05) is 24.3 Å². The SMILES string of the molecule is CCC1(CC)C[C@H](NC(=O)CCCN(c2cc([N+](=O)[O-])ccc2C)S(C)(=O)=O)c2ccccc2O1. The Morgan fingerprint density at radius 3 is 2.54 bits per heavy atom. The molecular formula is C25H33N3O6S.